The maximum atomic E-state index is 10.7. The lowest BCUT2D eigenvalue weighted by molar-refractivity contribution is -0.385. The molecular formula is C14H15N3O3. The third kappa shape index (κ3) is 3.03. The molecule has 0 saturated carbocycles. The molecule has 2 rings (SSSR count). The fourth-order valence-corrected chi connectivity index (χ4v) is 1.89. The number of nitrogens with one attached hydrogen (secondary N) is 1. The molecule has 0 saturated heterocycles. The average Bonchev–Trinajstić information content (AvgIpc) is 2.40. The number of phenolic OH excluding ortho intramolecular Hbond substituents is 1. The lowest BCUT2D eigenvalue weighted by Crippen LogP contribution is -2.09. The molecule has 1 heterocycles. The molecule has 20 heavy (non-hydrogen) atoms. The molecule has 0 unspecified atom stereocenters. The van der Waals surface area contributed by atoms with Crippen molar-refractivity contribution < 1.29 is 10.0 Å². The van der Waals surface area contributed by atoms with E-state index in [-0.39, 0.29) is 17.5 Å². The van der Waals surface area contributed by atoms with Crippen molar-refractivity contribution in [3.63, 3.8) is 0 Å². The Morgan fingerprint density at radius 3 is 2.75 bits per heavy atom. The van der Waals surface area contributed by atoms with E-state index in [1.54, 1.807) is 25.1 Å². The van der Waals surface area contributed by atoms with E-state index in [1.165, 1.54) is 12.3 Å². The van der Waals surface area contributed by atoms with Crippen LogP contribution in [-0.4, -0.2) is 15.0 Å². The Morgan fingerprint density at radius 1 is 1.40 bits per heavy atom. The molecule has 1 atom stereocenters. The summed E-state index contributed by atoms with van der Waals surface area (Å²) in [5.41, 5.74) is 1.58. The summed E-state index contributed by atoms with van der Waals surface area (Å²) in [5.74, 6) is 0.788. The molecule has 0 radical (unpaired) electrons. The van der Waals surface area contributed by atoms with Crippen molar-refractivity contribution in [2.24, 2.45) is 0 Å². The first kappa shape index (κ1) is 13.8. The Labute approximate surface area is 116 Å². The second-order valence-electron chi connectivity index (χ2n) is 4.58. The summed E-state index contributed by atoms with van der Waals surface area (Å²) >= 11 is 0. The van der Waals surface area contributed by atoms with Crippen LogP contribution in [0.1, 0.15) is 24.1 Å². The van der Waals surface area contributed by atoms with Gasteiger partial charge in [0, 0.05) is 6.07 Å². The minimum absolute atomic E-state index is 0.0296. The van der Waals surface area contributed by atoms with Crippen LogP contribution in [0.25, 0.3) is 0 Å². The Morgan fingerprint density at radius 2 is 2.15 bits per heavy atom. The topological polar surface area (TPSA) is 88.3 Å². The fraction of sp³-hybridized carbons (Fsp3) is 0.214. The molecule has 1 aromatic heterocycles. The predicted octanol–water partition coefficient (Wildman–Crippen LogP) is 3.18. The Bertz CT molecular complexity index is 643. The van der Waals surface area contributed by atoms with Crippen molar-refractivity contribution in [2.45, 2.75) is 19.9 Å². The number of hydrogen-bond donors (Lipinski definition) is 2. The van der Waals surface area contributed by atoms with Crippen molar-refractivity contribution in [1.29, 1.82) is 0 Å². The number of nitrogens with zero attached hydrogens (tertiary/aromatic N) is 2. The van der Waals surface area contributed by atoms with Crippen LogP contribution >= 0.6 is 0 Å². The van der Waals surface area contributed by atoms with Gasteiger partial charge in [-0.1, -0.05) is 12.1 Å². The quantitative estimate of drug-likeness (QED) is 0.659. The van der Waals surface area contributed by atoms with E-state index in [4.69, 9.17) is 0 Å². The minimum Gasteiger partial charge on any atom is -0.508 e. The SMILES string of the molecule is Cc1cc([N+](=O)[O-])cnc1N[C@@H](C)c1cccc(O)c1. The van der Waals surface area contributed by atoms with Crippen LogP contribution in [-0.2, 0) is 0 Å². The summed E-state index contributed by atoms with van der Waals surface area (Å²) in [6, 6.07) is 8.32. The van der Waals surface area contributed by atoms with Crippen LogP contribution in [0.5, 0.6) is 5.75 Å². The molecule has 6 heteroatoms. The van der Waals surface area contributed by atoms with Gasteiger partial charge in [0.25, 0.3) is 5.69 Å². The van der Waals surface area contributed by atoms with Gasteiger partial charge in [-0.05, 0) is 37.1 Å². The summed E-state index contributed by atoms with van der Waals surface area (Å²) in [7, 11) is 0. The van der Waals surface area contributed by atoms with Gasteiger partial charge in [-0.3, -0.25) is 10.1 Å². The number of nitro groups is 1. The molecule has 2 N–H and O–H groups in total. The summed E-state index contributed by atoms with van der Waals surface area (Å²) in [6.07, 6.45) is 1.23. The zero-order chi connectivity index (χ0) is 14.7. The van der Waals surface area contributed by atoms with E-state index in [1.807, 2.05) is 13.0 Å². The van der Waals surface area contributed by atoms with E-state index < -0.39 is 4.92 Å². The lowest BCUT2D eigenvalue weighted by atomic mass is 10.1. The second-order valence-corrected chi connectivity index (χ2v) is 4.58. The Balaban J connectivity index is 2.19. The third-order valence-corrected chi connectivity index (χ3v) is 3.00. The van der Waals surface area contributed by atoms with Crippen molar-refractivity contribution in [3.05, 3.63) is 57.8 Å². The van der Waals surface area contributed by atoms with Gasteiger partial charge in [0.2, 0.25) is 0 Å². The largest absolute Gasteiger partial charge is 0.508 e. The maximum Gasteiger partial charge on any atom is 0.287 e. The Hall–Kier alpha value is -2.63. The molecule has 2 aromatic rings. The standard InChI is InChI=1S/C14H15N3O3/c1-9-6-12(17(19)20)8-15-14(9)16-10(2)11-4-3-5-13(18)7-11/h3-8,10,18H,1-2H3,(H,15,16)/t10-/m0/s1. The van der Waals surface area contributed by atoms with Crippen LogP contribution in [0.4, 0.5) is 11.5 Å². The molecule has 0 spiro atoms. The van der Waals surface area contributed by atoms with Gasteiger partial charge in [-0.25, -0.2) is 4.98 Å². The van der Waals surface area contributed by atoms with Crippen molar-refractivity contribution in [3.8, 4) is 5.75 Å². The lowest BCUT2D eigenvalue weighted by Gasteiger charge is -2.16. The van der Waals surface area contributed by atoms with E-state index >= 15 is 0 Å². The number of pyridine rings is 1. The highest BCUT2D eigenvalue weighted by Crippen LogP contribution is 2.24. The molecule has 0 amide bonds. The van der Waals surface area contributed by atoms with Crippen molar-refractivity contribution in [1.82, 2.24) is 4.98 Å². The predicted molar refractivity (Wildman–Crippen MR) is 75.8 cm³/mol. The molecule has 6 nitrogen and oxygen atoms in total. The van der Waals surface area contributed by atoms with Crippen LogP contribution in [0.2, 0.25) is 0 Å². The summed E-state index contributed by atoms with van der Waals surface area (Å²) in [4.78, 5) is 14.3. The van der Waals surface area contributed by atoms with Gasteiger partial charge in [0.15, 0.2) is 0 Å². The van der Waals surface area contributed by atoms with Gasteiger partial charge >= 0.3 is 0 Å². The maximum absolute atomic E-state index is 10.7. The monoisotopic (exact) mass is 273 g/mol. The first-order valence-corrected chi connectivity index (χ1v) is 6.14. The molecule has 0 bridgehead atoms. The molecule has 0 fully saturated rings. The van der Waals surface area contributed by atoms with Gasteiger partial charge in [-0.2, -0.15) is 0 Å². The molecule has 1 aromatic carbocycles. The summed E-state index contributed by atoms with van der Waals surface area (Å²) in [5, 5.41) is 23.3. The number of hydrogen-bond acceptors (Lipinski definition) is 5. The van der Waals surface area contributed by atoms with Crippen LogP contribution in [0.3, 0.4) is 0 Å². The number of anilines is 1. The number of aromatic nitrogens is 1. The molecule has 0 aliphatic carbocycles. The first-order valence-electron chi connectivity index (χ1n) is 6.14. The molecule has 0 aliphatic rings. The molecule has 0 aliphatic heterocycles. The third-order valence-electron chi connectivity index (χ3n) is 3.00. The zero-order valence-electron chi connectivity index (χ0n) is 11.2. The smallest absolute Gasteiger partial charge is 0.287 e. The zero-order valence-corrected chi connectivity index (χ0v) is 11.2. The first-order chi connectivity index (χ1) is 9.47. The number of aryl methyl sites for hydroxylation is 1. The minimum atomic E-state index is -0.470. The van der Waals surface area contributed by atoms with Crippen LogP contribution in [0.15, 0.2) is 36.5 Å². The van der Waals surface area contributed by atoms with Gasteiger partial charge < -0.3 is 10.4 Å². The van der Waals surface area contributed by atoms with Gasteiger partial charge in [-0.15, -0.1) is 0 Å². The van der Waals surface area contributed by atoms with Crippen LogP contribution in [0, 0.1) is 17.0 Å². The van der Waals surface area contributed by atoms with Gasteiger partial charge in [0.1, 0.15) is 17.8 Å². The van der Waals surface area contributed by atoms with Gasteiger partial charge in [0.05, 0.1) is 11.0 Å². The second kappa shape index (κ2) is 5.56. The van der Waals surface area contributed by atoms with E-state index in [9.17, 15) is 15.2 Å². The highest BCUT2D eigenvalue weighted by molar-refractivity contribution is 5.49. The Kier molecular flexibility index (Phi) is 3.84. The normalized spacial score (nSPS) is 11.9. The highest BCUT2D eigenvalue weighted by Gasteiger charge is 2.12. The average molecular weight is 273 g/mol. The number of aromatic hydroxyl groups is 1. The van der Waals surface area contributed by atoms with Crippen molar-refractivity contribution >= 4 is 11.5 Å². The van der Waals surface area contributed by atoms with Crippen LogP contribution < -0.4 is 5.32 Å². The van der Waals surface area contributed by atoms with E-state index in [0.717, 1.165) is 5.56 Å². The number of phenols is 1. The number of rotatable bonds is 4. The number of benzene rings is 1. The molecular weight excluding hydrogens is 258 g/mol. The summed E-state index contributed by atoms with van der Waals surface area (Å²) in [6.45, 7) is 3.69. The summed E-state index contributed by atoms with van der Waals surface area (Å²) < 4.78 is 0. The van der Waals surface area contributed by atoms with E-state index in [2.05, 4.69) is 10.3 Å². The fourth-order valence-electron chi connectivity index (χ4n) is 1.89. The van der Waals surface area contributed by atoms with E-state index in [0.29, 0.717) is 11.4 Å². The highest BCUT2D eigenvalue weighted by atomic mass is 16.6. The molecule has 104 valence electrons. The van der Waals surface area contributed by atoms with Crippen molar-refractivity contribution in [2.75, 3.05) is 5.32 Å².